The zero-order valence-corrected chi connectivity index (χ0v) is 11.8. The van der Waals surface area contributed by atoms with Crippen LogP contribution in [0.15, 0.2) is 18.2 Å². The predicted molar refractivity (Wildman–Crippen MR) is 76.7 cm³/mol. The molecule has 0 amide bonds. The Balaban J connectivity index is 2.82. The highest BCUT2D eigenvalue weighted by Crippen LogP contribution is 2.26. The topological polar surface area (TPSA) is 35.2 Å². The summed E-state index contributed by atoms with van der Waals surface area (Å²) in [5.74, 6) is 3.19. The molecule has 0 aliphatic carbocycles. The van der Waals surface area contributed by atoms with E-state index in [2.05, 4.69) is 19.1 Å². The van der Waals surface area contributed by atoms with Crippen LogP contribution < -0.4 is 10.5 Å². The molecule has 17 heavy (non-hydrogen) atoms. The Bertz CT molecular complexity index is 339. The molecule has 1 aromatic rings. The van der Waals surface area contributed by atoms with Gasteiger partial charge in [0.05, 0.1) is 6.61 Å². The maximum Gasteiger partial charge on any atom is 0.123 e. The average molecular weight is 253 g/mol. The molecule has 0 heterocycles. The van der Waals surface area contributed by atoms with Crippen molar-refractivity contribution in [1.29, 1.82) is 0 Å². The third kappa shape index (κ3) is 4.60. The van der Waals surface area contributed by atoms with Gasteiger partial charge < -0.3 is 10.5 Å². The van der Waals surface area contributed by atoms with Crippen LogP contribution in [-0.4, -0.2) is 12.4 Å². The summed E-state index contributed by atoms with van der Waals surface area (Å²) >= 11 is 1.95. The Morgan fingerprint density at radius 3 is 2.71 bits per heavy atom. The van der Waals surface area contributed by atoms with Gasteiger partial charge in [-0.05, 0) is 43.7 Å². The second kappa shape index (κ2) is 7.62. The molecule has 0 saturated heterocycles. The van der Waals surface area contributed by atoms with E-state index in [1.807, 2.05) is 31.7 Å². The quantitative estimate of drug-likeness (QED) is 0.752. The largest absolute Gasteiger partial charge is 0.494 e. The SMILES string of the molecule is CCCSCc1cc(C(C)N)ccc1OCC. The molecule has 1 aromatic carbocycles. The Morgan fingerprint density at radius 2 is 2.12 bits per heavy atom. The van der Waals surface area contributed by atoms with Gasteiger partial charge in [0, 0.05) is 17.4 Å². The molecule has 2 N–H and O–H groups in total. The molecular weight excluding hydrogens is 230 g/mol. The number of benzene rings is 1. The molecule has 1 atom stereocenters. The van der Waals surface area contributed by atoms with Crippen molar-refractivity contribution in [3.05, 3.63) is 29.3 Å². The molecule has 0 bridgehead atoms. The molecular formula is C14H23NOS. The zero-order valence-electron chi connectivity index (χ0n) is 11.0. The van der Waals surface area contributed by atoms with Crippen molar-refractivity contribution in [2.45, 2.75) is 39.0 Å². The first-order valence-corrected chi connectivity index (χ1v) is 7.43. The van der Waals surface area contributed by atoms with Crippen LogP contribution in [0.25, 0.3) is 0 Å². The normalized spacial score (nSPS) is 12.5. The van der Waals surface area contributed by atoms with Crippen molar-refractivity contribution in [2.24, 2.45) is 5.73 Å². The molecule has 0 aliphatic rings. The van der Waals surface area contributed by atoms with Gasteiger partial charge in [-0.1, -0.05) is 13.0 Å². The number of nitrogens with two attached hydrogens (primary N) is 1. The Hall–Kier alpha value is -0.670. The fraction of sp³-hybridized carbons (Fsp3) is 0.571. The number of hydrogen-bond donors (Lipinski definition) is 1. The first-order chi connectivity index (χ1) is 8.19. The van der Waals surface area contributed by atoms with Gasteiger partial charge >= 0.3 is 0 Å². The minimum Gasteiger partial charge on any atom is -0.494 e. The maximum atomic E-state index is 5.91. The van der Waals surface area contributed by atoms with Crippen LogP contribution in [-0.2, 0) is 5.75 Å². The van der Waals surface area contributed by atoms with Gasteiger partial charge in [0.2, 0.25) is 0 Å². The second-order valence-electron chi connectivity index (χ2n) is 4.14. The summed E-state index contributed by atoms with van der Waals surface area (Å²) in [5, 5.41) is 0. The lowest BCUT2D eigenvalue weighted by Gasteiger charge is -2.13. The van der Waals surface area contributed by atoms with Crippen molar-refractivity contribution in [3.8, 4) is 5.75 Å². The van der Waals surface area contributed by atoms with E-state index in [4.69, 9.17) is 10.5 Å². The van der Waals surface area contributed by atoms with Crippen LogP contribution in [0, 0.1) is 0 Å². The molecule has 0 spiro atoms. The van der Waals surface area contributed by atoms with Gasteiger partial charge in [0.1, 0.15) is 5.75 Å². The van der Waals surface area contributed by atoms with Crippen molar-refractivity contribution in [1.82, 2.24) is 0 Å². The van der Waals surface area contributed by atoms with Crippen LogP contribution in [0.3, 0.4) is 0 Å². The van der Waals surface area contributed by atoms with E-state index in [0.717, 1.165) is 11.5 Å². The molecule has 3 heteroatoms. The van der Waals surface area contributed by atoms with Crippen LogP contribution >= 0.6 is 11.8 Å². The third-order valence-electron chi connectivity index (χ3n) is 2.52. The molecule has 0 aromatic heterocycles. The summed E-state index contributed by atoms with van der Waals surface area (Å²) in [7, 11) is 0. The highest BCUT2D eigenvalue weighted by Gasteiger charge is 2.07. The zero-order chi connectivity index (χ0) is 12.7. The molecule has 1 rings (SSSR count). The second-order valence-corrected chi connectivity index (χ2v) is 5.25. The third-order valence-corrected chi connectivity index (χ3v) is 3.73. The van der Waals surface area contributed by atoms with Gasteiger partial charge in [-0.3, -0.25) is 0 Å². The standard InChI is InChI=1S/C14H23NOS/c1-4-8-17-10-13-9-12(11(3)15)6-7-14(13)16-5-2/h6-7,9,11H,4-5,8,10,15H2,1-3H3. The fourth-order valence-corrected chi connectivity index (χ4v) is 2.50. The average Bonchev–Trinajstić information content (AvgIpc) is 2.31. The summed E-state index contributed by atoms with van der Waals surface area (Å²) in [4.78, 5) is 0. The number of ether oxygens (including phenoxy) is 1. The van der Waals surface area contributed by atoms with Gasteiger partial charge in [-0.2, -0.15) is 11.8 Å². The van der Waals surface area contributed by atoms with Gasteiger partial charge in [0.25, 0.3) is 0 Å². The molecule has 96 valence electrons. The van der Waals surface area contributed by atoms with Crippen LogP contribution in [0.2, 0.25) is 0 Å². The Kier molecular flexibility index (Phi) is 6.45. The van der Waals surface area contributed by atoms with Gasteiger partial charge in [-0.25, -0.2) is 0 Å². The first-order valence-electron chi connectivity index (χ1n) is 6.28. The summed E-state index contributed by atoms with van der Waals surface area (Å²) in [6.07, 6.45) is 1.21. The highest BCUT2D eigenvalue weighted by molar-refractivity contribution is 7.98. The lowest BCUT2D eigenvalue weighted by atomic mass is 10.1. The fourth-order valence-electron chi connectivity index (χ4n) is 1.62. The van der Waals surface area contributed by atoms with E-state index >= 15 is 0 Å². The van der Waals surface area contributed by atoms with E-state index in [0.29, 0.717) is 6.61 Å². The molecule has 2 nitrogen and oxygen atoms in total. The Labute approximate surface area is 109 Å². The summed E-state index contributed by atoms with van der Waals surface area (Å²) < 4.78 is 5.65. The van der Waals surface area contributed by atoms with E-state index in [1.165, 1.54) is 23.3 Å². The summed E-state index contributed by atoms with van der Waals surface area (Å²) in [6.45, 7) is 6.94. The maximum absolute atomic E-state index is 5.91. The number of rotatable bonds is 7. The minimum atomic E-state index is 0.0839. The van der Waals surface area contributed by atoms with Crippen molar-refractivity contribution in [2.75, 3.05) is 12.4 Å². The van der Waals surface area contributed by atoms with Crippen molar-refractivity contribution < 1.29 is 4.74 Å². The summed E-state index contributed by atoms with van der Waals surface area (Å²) in [6, 6.07) is 6.37. The smallest absolute Gasteiger partial charge is 0.123 e. The van der Waals surface area contributed by atoms with Crippen molar-refractivity contribution >= 4 is 11.8 Å². The van der Waals surface area contributed by atoms with Crippen LogP contribution in [0.5, 0.6) is 5.75 Å². The monoisotopic (exact) mass is 253 g/mol. The van der Waals surface area contributed by atoms with Gasteiger partial charge in [0.15, 0.2) is 0 Å². The summed E-state index contributed by atoms with van der Waals surface area (Å²) in [5.41, 5.74) is 8.36. The van der Waals surface area contributed by atoms with E-state index in [1.54, 1.807) is 0 Å². The molecule has 0 fully saturated rings. The molecule has 1 unspecified atom stereocenters. The number of thioether (sulfide) groups is 1. The van der Waals surface area contributed by atoms with Crippen molar-refractivity contribution in [3.63, 3.8) is 0 Å². The molecule has 0 aliphatic heterocycles. The van der Waals surface area contributed by atoms with E-state index < -0.39 is 0 Å². The Morgan fingerprint density at radius 1 is 1.35 bits per heavy atom. The van der Waals surface area contributed by atoms with E-state index in [-0.39, 0.29) is 6.04 Å². The highest BCUT2D eigenvalue weighted by atomic mass is 32.2. The first kappa shape index (κ1) is 14.4. The number of hydrogen-bond acceptors (Lipinski definition) is 3. The lowest BCUT2D eigenvalue weighted by Crippen LogP contribution is -2.06. The van der Waals surface area contributed by atoms with Gasteiger partial charge in [-0.15, -0.1) is 0 Å². The predicted octanol–water partition coefficient (Wildman–Crippen LogP) is 3.75. The minimum absolute atomic E-state index is 0.0839. The lowest BCUT2D eigenvalue weighted by molar-refractivity contribution is 0.337. The molecule has 0 radical (unpaired) electrons. The molecule has 0 saturated carbocycles. The van der Waals surface area contributed by atoms with Crippen LogP contribution in [0.4, 0.5) is 0 Å². The van der Waals surface area contributed by atoms with Crippen LogP contribution in [0.1, 0.15) is 44.4 Å². The van der Waals surface area contributed by atoms with E-state index in [9.17, 15) is 0 Å².